The third kappa shape index (κ3) is 5.73. The summed E-state index contributed by atoms with van der Waals surface area (Å²) in [5.41, 5.74) is 2.94. The molecule has 28 heavy (non-hydrogen) atoms. The highest BCUT2D eigenvalue weighted by molar-refractivity contribution is 6.30. The van der Waals surface area contributed by atoms with Crippen molar-refractivity contribution in [2.45, 2.75) is 40.3 Å². The summed E-state index contributed by atoms with van der Waals surface area (Å²) in [5, 5.41) is 3.35. The maximum atomic E-state index is 12.9. The summed E-state index contributed by atoms with van der Waals surface area (Å²) >= 11 is 6.07. The van der Waals surface area contributed by atoms with Gasteiger partial charge in [0.05, 0.1) is 0 Å². The Hall–Kier alpha value is -2.53. The van der Waals surface area contributed by atoms with E-state index in [4.69, 9.17) is 16.3 Å². The van der Waals surface area contributed by atoms with Crippen LogP contribution in [-0.4, -0.2) is 35.9 Å². The minimum Gasteiger partial charge on any atom is -0.483 e. The Bertz CT molecular complexity index is 838. The Labute approximate surface area is 171 Å². The molecule has 2 amide bonds. The molecule has 150 valence electrons. The molecule has 1 N–H and O–H groups in total. The average Bonchev–Trinajstić information content (AvgIpc) is 2.66. The Balaban J connectivity index is 2.17. The molecule has 0 bridgehead atoms. The van der Waals surface area contributed by atoms with Crippen LogP contribution in [0, 0.1) is 13.8 Å². The lowest BCUT2D eigenvalue weighted by atomic mass is 10.1. The summed E-state index contributed by atoms with van der Waals surface area (Å²) in [6.07, 6.45) is 0. The number of carbonyl (C=O) groups is 2. The fourth-order valence-corrected chi connectivity index (χ4v) is 3.05. The molecule has 0 aromatic heterocycles. The van der Waals surface area contributed by atoms with Crippen LogP contribution in [0.25, 0.3) is 0 Å². The highest BCUT2D eigenvalue weighted by atomic mass is 35.5. The second-order valence-corrected chi connectivity index (χ2v) is 7.15. The molecule has 0 aliphatic carbocycles. The maximum Gasteiger partial charge on any atom is 0.261 e. The van der Waals surface area contributed by atoms with Gasteiger partial charge in [-0.15, -0.1) is 0 Å². The largest absolute Gasteiger partial charge is 0.483 e. The van der Waals surface area contributed by atoms with Crippen LogP contribution in [0.4, 0.5) is 0 Å². The van der Waals surface area contributed by atoms with E-state index >= 15 is 0 Å². The Kier molecular flexibility index (Phi) is 7.88. The SMILES string of the molecule is CCNC(=O)C(C)N(Cc1cccc(Cl)c1)C(=O)COc1cccc(C)c1C. The van der Waals surface area contributed by atoms with Crippen molar-refractivity contribution in [1.29, 1.82) is 0 Å². The van der Waals surface area contributed by atoms with Crippen LogP contribution < -0.4 is 10.1 Å². The van der Waals surface area contributed by atoms with E-state index in [1.807, 2.05) is 51.1 Å². The maximum absolute atomic E-state index is 12.9. The first kappa shape index (κ1) is 21.8. The first-order valence-corrected chi connectivity index (χ1v) is 9.72. The van der Waals surface area contributed by atoms with E-state index in [2.05, 4.69) is 5.32 Å². The lowest BCUT2D eigenvalue weighted by Crippen LogP contribution is -2.49. The number of benzene rings is 2. The third-order valence-electron chi connectivity index (χ3n) is 4.67. The van der Waals surface area contributed by atoms with Gasteiger partial charge in [0.2, 0.25) is 5.91 Å². The van der Waals surface area contributed by atoms with E-state index < -0.39 is 6.04 Å². The standard InChI is InChI=1S/C22H27ClN2O3/c1-5-24-22(27)17(4)25(13-18-9-7-10-19(23)12-18)21(26)14-28-20-11-6-8-15(2)16(20)3/h6-12,17H,5,13-14H2,1-4H3,(H,24,27). The number of amides is 2. The van der Waals surface area contributed by atoms with Gasteiger partial charge in [-0.2, -0.15) is 0 Å². The van der Waals surface area contributed by atoms with Gasteiger partial charge in [-0.25, -0.2) is 0 Å². The van der Waals surface area contributed by atoms with E-state index in [-0.39, 0.29) is 25.0 Å². The fraction of sp³-hybridized carbons (Fsp3) is 0.364. The zero-order chi connectivity index (χ0) is 20.7. The predicted molar refractivity (Wildman–Crippen MR) is 112 cm³/mol. The number of halogens is 1. The van der Waals surface area contributed by atoms with Gasteiger partial charge < -0.3 is 15.0 Å². The average molecular weight is 403 g/mol. The van der Waals surface area contributed by atoms with Crippen LogP contribution in [-0.2, 0) is 16.1 Å². The number of nitrogens with one attached hydrogen (secondary N) is 1. The molecule has 0 aliphatic rings. The van der Waals surface area contributed by atoms with E-state index in [9.17, 15) is 9.59 Å². The molecule has 2 aromatic carbocycles. The van der Waals surface area contributed by atoms with Crippen LogP contribution in [0.1, 0.15) is 30.5 Å². The molecule has 0 heterocycles. The van der Waals surface area contributed by atoms with Crippen LogP contribution in [0.2, 0.25) is 5.02 Å². The van der Waals surface area contributed by atoms with Gasteiger partial charge in [-0.3, -0.25) is 9.59 Å². The normalized spacial score (nSPS) is 11.6. The number of aryl methyl sites for hydroxylation is 1. The zero-order valence-corrected chi connectivity index (χ0v) is 17.5. The molecule has 0 fully saturated rings. The molecular formula is C22H27ClN2O3. The number of hydrogen-bond acceptors (Lipinski definition) is 3. The highest BCUT2D eigenvalue weighted by Crippen LogP contribution is 2.21. The molecule has 0 aliphatic heterocycles. The molecule has 6 heteroatoms. The quantitative estimate of drug-likeness (QED) is 0.728. The summed E-state index contributed by atoms with van der Waals surface area (Å²) in [5.74, 6) is 0.200. The first-order valence-electron chi connectivity index (χ1n) is 9.34. The molecule has 0 saturated carbocycles. The number of likely N-dealkylation sites (N-methyl/N-ethyl adjacent to an activating group) is 1. The van der Waals surface area contributed by atoms with Crippen molar-refractivity contribution >= 4 is 23.4 Å². The van der Waals surface area contributed by atoms with E-state index in [1.54, 1.807) is 19.1 Å². The Morgan fingerprint density at radius 3 is 2.57 bits per heavy atom. The van der Waals surface area contributed by atoms with Crippen molar-refractivity contribution in [3.8, 4) is 5.75 Å². The summed E-state index contributed by atoms with van der Waals surface area (Å²) in [4.78, 5) is 26.8. The number of nitrogens with zero attached hydrogens (tertiary/aromatic N) is 1. The fourth-order valence-electron chi connectivity index (χ4n) is 2.84. The smallest absolute Gasteiger partial charge is 0.261 e. The summed E-state index contributed by atoms with van der Waals surface area (Å²) < 4.78 is 5.76. The monoisotopic (exact) mass is 402 g/mol. The lowest BCUT2D eigenvalue weighted by Gasteiger charge is -2.28. The van der Waals surface area contributed by atoms with E-state index in [0.29, 0.717) is 17.3 Å². The summed E-state index contributed by atoms with van der Waals surface area (Å²) in [6, 6.07) is 12.4. The van der Waals surface area contributed by atoms with Gasteiger partial charge in [0.1, 0.15) is 11.8 Å². The van der Waals surface area contributed by atoms with Crippen LogP contribution in [0.5, 0.6) is 5.75 Å². The lowest BCUT2D eigenvalue weighted by molar-refractivity contribution is -0.142. The number of carbonyl (C=O) groups excluding carboxylic acids is 2. The minimum atomic E-state index is -0.631. The number of rotatable bonds is 8. The van der Waals surface area contributed by atoms with Gasteiger partial charge in [0.15, 0.2) is 6.61 Å². The molecule has 2 aromatic rings. The molecule has 5 nitrogen and oxygen atoms in total. The van der Waals surface area contributed by atoms with Crippen molar-refractivity contribution in [2.75, 3.05) is 13.2 Å². The molecule has 1 unspecified atom stereocenters. The van der Waals surface area contributed by atoms with E-state index in [1.165, 1.54) is 4.90 Å². The van der Waals surface area contributed by atoms with Gasteiger partial charge >= 0.3 is 0 Å². The molecule has 0 spiro atoms. The van der Waals surface area contributed by atoms with Gasteiger partial charge in [0.25, 0.3) is 5.91 Å². The van der Waals surface area contributed by atoms with E-state index in [0.717, 1.165) is 16.7 Å². The predicted octanol–water partition coefficient (Wildman–Crippen LogP) is 3.89. The van der Waals surface area contributed by atoms with Crippen molar-refractivity contribution in [3.63, 3.8) is 0 Å². The van der Waals surface area contributed by atoms with Crippen molar-refractivity contribution in [2.24, 2.45) is 0 Å². The number of hydrogen-bond donors (Lipinski definition) is 1. The third-order valence-corrected chi connectivity index (χ3v) is 4.90. The number of ether oxygens (including phenoxy) is 1. The van der Waals surface area contributed by atoms with Crippen LogP contribution >= 0.6 is 11.6 Å². The second kappa shape index (κ2) is 10.1. The molecular weight excluding hydrogens is 376 g/mol. The van der Waals surface area contributed by atoms with Crippen molar-refractivity contribution in [3.05, 3.63) is 64.2 Å². The van der Waals surface area contributed by atoms with Gasteiger partial charge in [-0.05, 0) is 62.6 Å². The van der Waals surface area contributed by atoms with Crippen LogP contribution in [0.3, 0.4) is 0 Å². The molecule has 0 radical (unpaired) electrons. The zero-order valence-electron chi connectivity index (χ0n) is 16.8. The molecule has 2 rings (SSSR count). The summed E-state index contributed by atoms with van der Waals surface area (Å²) in [7, 11) is 0. The Morgan fingerprint density at radius 1 is 1.18 bits per heavy atom. The van der Waals surface area contributed by atoms with Crippen LogP contribution in [0.15, 0.2) is 42.5 Å². The minimum absolute atomic E-state index is 0.144. The second-order valence-electron chi connectivity index (χ2n) is 6.71. The van der Waals surface area contributed by atoms with Gasteiger partial charge in [0, 0.05) is 18.1 Å². The van der Waals surface area contributed by atoms with Crippen molar-refractivity contribution < 1.29 is 14.3 Å². The first-order chi connectivity index (χ1) is 13.3. The highest BCUT2D eigenvalue weighted by Gasteiger charge is 2.26. The van der Waals surface area contributed by atoms with Gasteiger partial charge in [-0.1, -0.05) is 35.9 Å². The Morgan fingerprint density at radius 2 is 1.89 bits per heavy atom. The summed E-state index contributed by atoms with van der Waals surface area (Å²) in [6.45, 7) is 8.13. The molecule has 0 saturated heterocycles. The molecule has 1 atom stereocenters. The van der Waals surface area contributed by atoms with Crippen molar-refractivity contribution in [1.82, 2.24) is 10.2 Å². The topological polar surface area (TPSA) is 58.6 Å².